The third-order valence-corrected chi connectivity index (χ3v) is 3.06. The molecule has 0 spiro atoms. The Morgan fingerprint density at radius 2 is 2.24 bits per heavy atom. The lowest BCUT2D eigenvalue weighted by molar-refractivity contribution is -0.386. The Labute approximate surface area is 142 Å². The van der Waals surface area contributed by atoms with Crippen molar-refractivity contribution in [2.75, 3.05) is 6.61 Å². The van der Waals surface area contributed by atoms with E-state index in [4.69, 9.17) is 4.74 Å². The summed E-state index contributed by atoms with van der Waals surface area (Å²) in [5.41, 5.74) is -0.664. The van der Waals surface area contributed by atoms with Crippen molar-refractivity contribution >= 4 is 24.1 Å². The monoisotopic (exact) mass is 377 g/mol. The van der Waals surface area contributed by atoms with E-state index in [0.29, 0.717) is 4.68 Å². The van der Waals surface area contributed by atoms with Gasteiger partial charge in [0.15, 0.2) is 5.75 Å². The van der Waals surface area contributed by atoms with Gasteiger partial charge in [-0.1, -0.05) is 0 Å². The van der Waals surface area contributed by atoms with E-state index in [-0.39, 0.29) is 17.9 Å². The second-order valence-corrected chi connectivity index (χ2v) is 4.87. The van der Waals surface area contributed by atoms with Crippen molar-refractivity contribution in [1.29, 1.82) is 0 Å². The van der Waals surface area contributed by atoms with Gasteiger partial charge in [0, 0.05) is 11.6 Å². The number of H-pyrrole nitrogens is 1. The normalized spacial score (nSPS) is 11.8. The molecular weight excluding hydrogens is 367 g/mol. The number of phenols is 1. The maximum Gasteiger partial charge on any atom is 0.453 e. The van der Waals surface area contributed by atoms with Gasteiger partial charge in [0.1, 0.15) is 0 Å². The molecular formula is C12H10F3N5O4S. The summed E-state index contributed by atoms with van der Waals surface area (Å²) in [4.78, 5) is 10.1. The summed E-state index contributed by atoms with van der Waals surface area (Å²) in [5.74, 6) is -2.28. The molecule has 0 fully saturated rings. The van der Waals surface area contributed by atoms with Crippen LogP contribution in [0.1, 0.15) is 18.3 Å². The number of hydrogen-bond acceptors (Lipinski definition) is 7. The highest BCUT2D eigenvalue weighted by Crippen LogP contribution is 2.36. The number of nitro groups is 1. The maximum absolute atomic E-state index is 12.8. The van der Waals surface area contributed by atoms with Crippen LogP contribution in [0, 0.1) is 14.9 Å². The molecule has 0 unspecified atom stereocenters. The van der Waals surface area contributed by atoms with Gasteiger partial charge < -0.3 is 9.84 Å². The standard InChI is InChI=1S/C12H10F3N5O4S/c1-2-24-8-4-6(3-7(9(8)21)20(22)23)5-16-19-10(12(13,14)15)17-18-11(19)25/h3-5,21H,2H2,1H3,(H,18,25)/b16-5-. The molecule has 1 aromatic heterocycles. The van der Waals surface area contributed by atoms with Crippen molar-refractivity contribution in [2.45, 2.75) is 13.1 Å². The summed E-state index contributed by atoms with van der Waals surface area (Å²) >= 11 is 4.67. The number of aromatic amines is 1. The molecule has 2 N–H and O–H groups in total. The molecule has 0 bridgehead atoms. The van der Waals surface area contributed by atoms with Crippen LogP contribution in [0.15, 0.2) is 17.2 Å². The summed E-state index contributed by atoms with van der Waals surface area (Å²) < 4.78 is 43.4. The van der Waals surface area contributed by atoms with E-state index in [9.17, 15) is 28.4 Å². The predicted octanol–water partition coefficient (Wildman–Crippen LogP) is 2.85. The smallest absolute Gasteiger partial charge is 0.453 e. The van der Waals surface area contributed by atoms with Crippen molar-refractivity contribution in [2.24, 2.45) is 5.10 Å². The molecule has 0 aliphatic rings. The Morgan fingerprint density at radius 3 is 2.80 bits per heavy atom. The third-order valence-electron chi connectivity index (χ3n) is 2.80. The number of hydrogen-bond donors (Lipinski definition) is 2. The number of ether oxygens (including phenoxy) is 1. The number of benzene rings is 1. The second-order valence-electron chi connectivity index (χ2n) is 4.48. The minimum absolute atomic E-state index is 0.0178. The summed E-state index contributed by atoms with van der Waals surface area (Å²) in [6, 6.07) is 2.12. The first-order chi connectivity index (χ1) is 11.6. The first-order valence-corrected chi connectivity index (χ1v) is 6.99. The fraction of sp³-hybridized carbons (Fsp3) is 0.250. The minimum atomic E-state index is -4.80. The molecule has 2 rings (SSSR count). The number of alkyl halides is 3. The first-order valence-electron chi connectivity index (χ1n) is 6.58. The lowest BCUT2D eigenvalue weighted by atomic mass is 10.2. The van der Waals surface area contributed by atoms with Crippen LogP contribution in [-0.4, -0.2) is 37.7 Å². The van der Waals surface area contributed by atoms with Gasteiger partial charge in [-0.2, -0.15) is 22.9 Å². The fourth-order valence-electron chi connectivity index (χ4n) is 1.80. The highest BCUT2D eigenvalue weighted by Gasteiger charge is 2.37. The van der Waals surface area contributed by atoms with E-state index in [0.717, 1.165) is 12.3 Å². The minimum Gasteiger partial charge on any atom is -0.500 e. The van der Waals surface area contributed by atoms with E-state index in [1.807, 2.05) is 5.10 Å². The molecule has 0 atom stereocenters. The van der Waals surface area contributed by atoms with Crippen LogP contribution in [0.5, 0.6) is 11.5 Å². The Hall–Kier alpha value is -2.96. The average Bonchev–Trinajstić information content (AvgIpc) is 2.88. The first kappa shape index (κ1) is 18.4. The van der Waals surface area contributed by atoms with E-state index in [1.54, 1.807) is 6.92 Å². The molecule has 25 heavy (non-hydrogen) atoms. The van der Waals surface area contributed by atoms with E-state index in [2.05, 4.69) is 22.4 Å². The number of nitrogens with one attached hydrogen (secondary N) is 1. The number of nitrogens with zero attached hydrogens (tertiary/aromatic N) is 4. The van der Waals surface area contributed by atoms with Crippen LogP contribution >= 0.6 is 12.2 Å². The van der Waals surface area contributed by atoms with Gasteiger partial charge in [-0.05, 0) is 25.2 Å². The zero-order valence-corrected chi connectivity index (χ0v) is 13.3. The van der Waals surface area contributed by atoms with Gasteiger partial charge in [0.25, 0.3) is 5.82 Å². The van der Waals surface area contributed by atoms with Crippen LogP contribution in [-0.2, 0) is 6.18 Å². The van der Waals surface area contributed by atoms with Crippen molar-refractivity contribution in [3.05, 3.63) is 38.4 Å². The summed E-state index contributed by atoms with van der Waals surface area (Å²) in [7, 11) is 0. The van der Waals surface area contributed by atoms with Crippen LogP contribution < -0.4 is 4.74 Å². The SMILES string of the molecule is CCOc1cc(/C=N\n2c(C(F)(F)F)n[nH]c2=S)cc([N+](=O)[O-])c1O. The number of nitro benzene ring substituents is 1. The van der Waals surface area contributed by atoms with Crippen LogP contribution in [0.3, 0.4) is 0 Å². The highest BCUT2D eigenvalue weighted by molar-refractivity contribution is 7.71. The lowest BCUT2D eigenvalue weighted by Gasteiger charge is -2.07. The van der Waals surface area contributed by atoms with Crippen molar-refractivity contribution in [3.8, 4) is 11.5 Å². The van der Waals surface area contributed by atoms with Gasteiger partial charge in [-0.3, -0.25) is 10.1 Å². The molecule has 0 saturated carbocycles. The summed E-state index contributed by atoms with van der Waals surface area (Å²) in [6.45, 7) is 1.70. The highest BCUT2D eigenvalue weighted by atomic mass is 32.1. The molecule has 0 saturated heterocycles. The van der Waals surface area contributed by atoms with Crippen molar-refractivity contribution in [3.63, 3.8) is 0 Å². The molecule has 0 aliphatic carbocycles. The van der Waals surface area contributed by atoms with Gasteiger partial charge in [0.05, 0.1) is 17.7 Å². The molecule has 2 aromatic rings. The van der Waals surface area contributed by atoms with Gasteiger partial charge in [-0.15, -0.1) is 5.10 Å². The lowest BCUT2D eigenvalue weighted by Crippen LogP contribution is -2.12. The number of aromatic hydroxyl groups is 1. The summed E-state index contributed by atoms with van der Waals surface area (Å²) in [6.07, 6.45) is -3.90. The molecule has 0 aliphatic heterocycles. The third kappa shape index (κ3) is 3.93. The Morgan fingerprint density at radius 1 is 1.56 bits per heavy atom. The number of halogens is 3. The Balaban J connectivity index is 2.51. The van der Waals surface area contributed by atoms with Crippen molar-refractivity contribution in [1.82, 2.24) is 14.9 Å². The quantitative estimate of drug-likeness (QED) is 0.358. The maximum atomic E-state index is 12.8. The Kier molecular flexibility index (Phi) is 5.06. The van der Waals surface area contributed by atoms with Gasteiger partial charge in [0.2, 0.25) is 10.5 Å². The number of aromatic nitrogens is 3. The van der Waals surface area contributed by atoms with Crippen LogP contribution in [0.4, 0.5) is 18.9 Å². The zero-order valence-electron chi connectivity index (χ0n) is 12.4. The second kappa shape index (κ2) is 6.88. The average molecular weight is 377 g/mol. The van der Waals surface area contributed by atoms with E-state index in [1.165, 1.54) is 6.07 Å². The fourth-order valence-corrected chi connectivity index (χ4v) is 1.98. The molecule has 0 amide bonds. The molecule has 13 heteroatoms. The topological polar surface area (TPSA) is 119 Å². The molecule has 9 nitrogen and oxygen atoms in total. The zero-order chi connectivity index (χ0) is 18.8. The van der Waals surface area contributed by atoms with Crippen LogP contribution in [0.25, 0.3) is 0 Å². The Bertz CT molecular complexity index is 890. The van der Waals surface area contributed by atoms with Gasteiger partial charge >= 0.3 is 11.9 Å². The predicted molar refractivity (Wildman–Crippen MR) is 81.3 cm³/mol. The molecule has 0 radical (unpaired) electrons. The van der Waals surface area contributed by atoms with Gasteiger partial charge in [-0.25, -0.2) is 5.10 Å². The summed E-state index contributed by atoms with van der Waals surface area (Å²) in [5, 5.41) is 29.3. The molecule has 134 valence electrons. The number of phenolic OH excluding ortho intramolecular Hbond substituents is 1. The van der Waals surface area contributed by atoms with E-state index >= 15 is 0 Å². The number of rotatable bonds is 5. The molecule has 1 aromatic carbocycles. The largest absolute Gasteiger partial charge is 0.500 e. The van der Waals surface area contributed by atoms with Crippen molar-refractivity contribution < 1.29 is 27.9 Å². The molecule has 1 heterocycles. The van der Waals surface area contributed by atoms with E-state index < -0.39 is 33.1 Å². The van der Waals surface area contributed by atoms with Crippen LogP contribution in [0.2, 0.25) is 0 Å².